The summed E-state index contributed by atoms with van der Waals surface area (Å²) in [6, 6.07) is 8.59. The van der Waals surface area contributed by atoms with E-state index in [0.29, 0.717) is 19.1 Å². The zero-order valence-electron chi connectivity index (χ0n) is 13.3. The Bertz CT molecular complexity index is 729. The summed E-state index contributed by atoms with van der Waals surface area (Å²) in [5, 5.41) is 0. The molecule has 0 N–H and O–H groups in total. The molecule has 2 heterocycles. The van der Waals surface area contributed by atoms with E-state index in [0.717, 1.165) is 18.8 Å². The third-order valence-electron chi connectivity index (χ3n) is 4.90. The van der Waals surface area contributed by atoms with Crippen LogP contribution in [0.3, 0.4) is 0 Å². The number of benzene rings is 1. The standard InChI is InChI=1S/C18H19FN4O/c19-16-8-2-1-7-15(16)17(24)22-11-14(12-22)23(13-5-3-6-13)18-20-9-4-10-21-18/h1-2,4,7-10,13-14H,3,5-6,11-12H2. The monoisotopic (exact) mass is 326 g/mol. The van der Waals surface area contributed by atoms with Crippen LogP contribution >= 0.6 is 0 Å². The second kappa shape index (κ2) is 6.19. The van der Waals surface area contributed by atoms with Crippen molar-refractivity contribution in [1.29, 1.82) is 0 Å². The summed E-state index contributed by atoms with van der Waals surface area (Å²) < 4.78 is 13.8. The van der Waals surface area contributed by atoms with Gasteiger partial charge in [0.1, 0.15) is 5.82 Å². The van der Waals surface area contributed by atoms with Crippen molar-refractivity contribution in [2.45, 2.75) is 31.3 Å². The lowest BCUT2D eigenvalue weighted by molar-refractivity contribution is 0.0574. The number of hydrogen-bond acceptors (Lipinski definition) is 4. The highest BCUT2D eigenvalue weighted by Gasteiger charge is 2.41. The number of rotatable bonds is 4. The molecule has 0 atom stereocenters. The number of nitrogens with zero attached hydrogens (tertiary/aromatic N) is 4. The summed E-state index contributed by atoms with van der Waals surface area (Å²) >= 11 is 0. The van der Waals surface area contributed by atoms with Gasteiger partial charge in [-0.15, -0.1) is 0 Å². The van der Waals surface area contributed by atoms with E-state index in [9.17, 15) is 9.18 Å². The highest BCUT2D eigenvalue weighted by atomic mass is 19.1. The fourth-order valence-electron chi connectivity index (χ4n) is 3.32. The predicted octanol–water partition coefficient (Wildman–Crippen LogP) is 2.50. The quantitative estimate of drug-likeness (QED) is 0.866. The molecule has 0 radical (unpaired) electrons. The molecule has 1 aromatic carbocycles. The molecule has 1 aliphatic heterocycles. The van der Waals surface area contributed by atoms with Crippen molar-refractivity contribution in [3.63, 3.8) is 0 Å². The SMILES string of the molecule is O=C(c1ccccc1F)N1CC(N(c2ncccn2)C2CCC2)C1. The summed E-state index contributed by atoms with van der Waals surface area (Å²) in [4.78, 5) is 25.1. The molecule has 1 amide bonds. The van der Waals surface area contributed by atoms with Gasteiger partial charge in [0.05, 0.1) is 11.6 Å². The van der Waals surface area contributed by atoms with E-state index in [2.05, 4.69) is 14.9 Å². The number of amides is 1. The van der Waals surface area contributed by atoms with Gasteiger partial charge in [0, 0.05) is 31.5 Å². The number of aromatic nitrogens is 2. The molecule has 1 saturated carbocycles. The van der Waals surface area contributed by atoms with E-state index >= 15 is 0 Å². The van der Waals surface area contributed by atoms with Crippen molar-refractivity contribution < 1.29 is 9.18 Å². The molecule has 4 rings (SSSR count). The van der Waals surface area contributed by atoms with Crippen molar-refractivity contribution in [1.82, 2.24) is 14.9 Å². The lowest BCUT2D eigenvalue weighted by Crippen LogP contribution is -2.64. The van der Waals surface area contributed by atoms with Gasteiger partial charge in [-0.3, -0.25) is 4.79 Å². The van der Waals surface area contributed by atoms with E-state index < -0.39 is 5.82 Å². The van der Waals surface area contributed by atoms with Gasteiger partial charge in [-0.05, 0) is 37.5 Å². The molecule has 0 spiro atoms. The first-order valence-corrected chi connectivity index (χ1v) is 8.33. The third-order valence-corrected chi connectivity index (χ3v) is 4.90. The molecule has 6 heteroatoms. The number of carbonyl (C=O) groups is 1. The zero-order valence-corrected chi connectivity index (χ0v) is 13.3. The lowest BCUT2D eigenvalue weighted by Gasteiger charge is -2.50. The van der Waals surface area contributed by atoms with Gasteiger partial charge in [0.2, 0.25) is 5.95 Å². The second-order valence-corrected chi connectivity index (χ2v) is 6.38. The van der Waals surface area contributed by atoms with Crippen LogP contribution in [0.1, 0.15) is 29.6 Å². The van der Waals surface area contributed by atoms with E-state index in [1.165, 1.54) is 18.6 Å². The Morgan fingerprint density at radius 3 is 2.42 bits per heavy atom. The fraction of sp³-hybridized carbons (Fsp3) is 0.389. The molecular weight excluding hydrogens is 307 g/mol. The topological polar surface area (TPSA) is 49.3 Å². The van der Waals surface area contributed by atoms with E-state index in [1.807, 2.05) is 0 Å². The smallest absolute Gasteiger partial charge is 0.256 e. The van der Waals surface area contributed by atoms with Crippen molar-refractivity contribution in [2.75, 3.05) is 18.0 Å². The minimum atomic E-state index is -0.465. The zero-order chi connectivity index (χ0) is 16.5. The first-order valence-electron chi connectivity index (χ1n) is 8.33. The largest absolute Gasteiger partial charge is 0.334 e. The van der Waals surface area contributed by atoms with Gasteiger partial charge in [-0.1, -0.05) is 12.1 Å². The predicted molar refractivity (Wildman–Crippen MR) is 88.2 cm³/mol. The van der Waals surface area contributed by atoms with E-state index in [-0.39, 0.29) is 17.5 Å². The van der Waals surface area contributed by atoms with Crippen molar-refractivity contribution in [2.24, 2.45) is 0 Å². The van der Waals surface area contributed by atoms with Gasteiger partial charge in [0.25, 0.3) is 5.91 Å². The summed E-state index contributed by atoms with van der Waals surface area (Å²) in [7, 11) is 0. The Hall–Kier alpha value is -2.50. The van der Waals surface area contributed by atoms with Crippen LogP contribution in [0.25, 0.3) is 0 Å². The number of anilines is 1. The van der Waals surface area contributed by atoms with Crippen LogP contribution < -0.4 is 4.90 Å². The minimum Gasteiger partial charge on any atom is -0.334 e. The van der Waals surface area contributed by atoms with Crippen LogP contribution in [0.15, 0.2) is 42.7 Å². The van der Waals surface area contributed by atoms with Crippen LogP contribution in [0.5, 0.6) is 0 Å². The molecule has 2 aromatic rings. The normalized spacial score (nSPS) is 18.0. The highest BCUT2D eigenvalue weighted by molar-refractivity contribution is 5.95. The molecule has 1 saturated heterocycles. The van der Waals surface area contributed by atoms with Gasteiger partial charge in [-0.25, -0.2) is 14.4 Å². The molecular formula is C18H19FN4O. The fourth-order valence-corrected chi connectivity index (χ4v) is 3.32. The van der Waals surface area contributed by atoms with Gasteiger partial charge >= 0.3 is 0 Å². The third kappa shape index (κ3) is 2.62. The van der Waals surface area contributed by atoms with Gasteiger partial charge in [-0.2, -0.15) is 0 Å². The average Bonchev–Trinajstić information content (AvgIpc) is 2.52. The highest BCUT2D eigenvalue weighted by Crippen LogP contribution is 2.32. The van der Waals surface area contributed by atoms with Crippen LogP contribution in [-0.2, 0) is 0 Å². The molecule has 1 aliphatic carbocycles. The number of hydrogen-bond donors (Lipinski definition) is 0. The molecule has 0 bridgehead atoms. The van der Waals surface area contributed by atoms with Crippen molar-refractivity contribution >= 4 is 11.9 Å². The Kier molecular flexibility index (Phi) is 3.88. The lowest BCUT2D eigenvalue weighted by atomic mass is 9.89. The molecule has 2 aliphatic rings. The number of carbonyl (C=O) groups excluding carboxylic acids is 1. The second-order valence-electron chi connectivity index (χ2n) is 6.38. The minimum absolute atomic E-state index is 0.141. The molecule has 0 unspecified atom stereocenters. The Morgan fingerprint density at radius 1 is 1.08 bits per heavy atom. The first-order chi connectivity index (χ1) is 11.7. The van der Waals surface area contributed by atoms with Crippen LogP contribution in [-0.4, -0.2) is 45.9 Å². The summed E-state index contributed by atoms with van der Waals surface area (Å²) in [6.07, 6.45) is 6.98. The van der Waals surface area contributed by atoms with Gasteiger partial charge < -0.3 is 9.80 Å². The molecule has 24 heavy (non-hydrogen) atoms. The average molecular weight is 326 g/mol. The van der Waals surface area contributed by atoms with E-state index in [4.69, 9.17) is 0 Å². The van der Waals surface area contributed by atoms with Crippen LogP contribution in [0, 0.1) is 5.82 Å². The Balaban J connectivity index is 1.47. The Morgan fingerprint density at radius 2 is 1.79 bits per heavy atom. The summed E-state index contributed by atoms with van der Waals surface area (Å²) in [6.45, 7) is 1.17. The summed E-state index contributed by atoms with van der Waals surface area (Å²) in [5.74, 6) is 0.0188. The number of likely N-dealkylation sites (tertiary alicyclic amines) is 1. The Labute approximate surface area is 140 Å². The van der Waals surface area contributed by atoms with Crippen LogP contribution in [0.2, 0.25) is 0 Å². The first kappa shape index (κ1) is 15.1. The molecule has 2 fully saturated rings. The maximum absolute atomic E-state index is 13.8. The van der Waals surface area contributed by atoms with Crippen molar-refractivity contribution in [3.8, 4) is 0 Å². The maximum Gasteiger partial charge on any atom is 0.256 e. The molecule has 5 nitrogen and oxygen atoms in total. The van der Waals surface area contributed by atoms with E-state index in [1.54, 1.807) is 35.5 Å². The van der Waals surface area contributed by atoms with Gasteiger partial charge in [0.15, 0.2) is 0 Å². The number of halogens is 1. The molecule has 1 aromatic heterocycles. The summed E-state index contributed by atoms with van der Waals surface area (Å²) in [5.41, 5.74) is 0.141. The molecule has 124 valence electrons. The van der Waals surface area contributed by atoms with Crippen LogP contribution in [0.4, 0.5) is 10.3 Å². The van der Waals surface area contributed by atoms with Crippen molar-refractivity contribution in [3.05, 3.63) is 54.1 Å². The maximum atomic E-state index is 13.8.